The zero-order valence-electron chi connectivity index (χ0n) is 16.8. The number of alkyl carbamates (subject to hydrolysis) is 1. The number of nitrogens with one attached hydrogen (secondary N) is 4. The number of amides is 2. The number of carbonyl (C=O) groups is 3. The largest absolute Gasteiger partial charge is 0.445 e. The molecule has 2 atom stereocenters. The average Bonchev–Trinajstić information content (AvgIpc) is 2.77. The quantitative estimate of drug-likeness (QED) is 0.0791. The van der Waals surface area contributed by atoms with Gasteiger partial charge in [-0.3, -0.25) is 19.8 Å². The fourth-order valence-electron chi connectivity index (χ4n) is 2.55. The number of Topliss-reactive ketones (excluding diaryl/α,β-unsaturated/α-hetero) is 1. The van der Waals surface area contributed by atoms with E-state index in [1.54, 1.807) is 30.3 Å². The minimum absolute atomic E-state index is 0.0622. The Labute approximate surface area is 179 Å². The predicted octanol–water partition coefficient (Wildman–Crippen LogP) is -1.97. The molecule has 0 saturated heterocycles. The van der Waals surface area contributed by atoms with E-state index < -0.39 is 42.5 Å². The number of carbonyl (C=O) groups excluding carboxylic acids is 4. The molecule has 12 heteroatoms. The van der Waals surface area contributed by atoms with Crippen LogP contribution in [0, 0.1) is 5.41 Å². The van der Waals surface area contributed by atoms with E-state index >= 15 is 0 Å². The van der Waals surface area contributed by atoms with Crippen LogP contribution < -0.4 is 27.4 Å². The van der Waals surface area contributed by atoms with Crippen molar-refractivity contribution >= 4 is 30.0 Å². The summed E-state index contributed by atoms with van der Waals surface area (Å²) in [7, 11) is 0. The first-order chi connectivity index (χ1) is 14.8. The molecule has 0 aliphatic rings. The first kappa shape index (κ1) is 25.5. The third-order valence-corrected chi connectivity index (χ3v) is 4.22. The van der Waals surface area contributed by atoms with Gasteiger partial charge in [0.2, 0.25) is 12.2 Å². The van der Waals surface area contributed by atoms with Crippen molar-refractivity contribution in [1.82, 2.24) is 16.0 Å². The topological polar surface area (TPSA) is 210 Å². The van der Waals surface area contributed by atoms with Gasteiger partial charge in [0.15, 0.2) is 17.3 Å². The molecular weight excluding hydrogens is 408 g/mol. The number of hydrogen-bond donors (Lipinski definition) is 7. The van der Waals surface area contributed by atoms with Gasteiger partial charge in [0.1, 0.15) is 12.6 Å². The Morgan fingerprint density at radius 2 is 1.94 bits per heavy atom. The molecule has 1 radical (unpaired) electrons. The molecule has 169 valence electrons. The second-order valence-electron chi connectivity index (χ2n) is 6.51. The molecule has 1 aromatic carbocycles. The lowest BCUT2D eigenvalue weighted by molar-refractivity contribution is -0.131. The van der Waals surface area contributed by atoms with Gasteiger partial charge in [0, 0.05) is 6.54 Å². The number of aliphatic hydroxyl groups excluding tert-OH is 1. The molecule has 0 fully saturated rings. The molecule has 0 aliphatic heterocycles. The monoisotopic (exact) mass is 435 g/mol. The highest BCUT2D eigenvalue weighted by Gasteiger charge is 2.41. The van der Waals surface area contributed by atoms with E-state index in [1.807, 2.05) is 0 Å². The fourth-order valence-corrected chi connectivity index (χ4v) is 2.55. The molecule has 2 amide bonds. The number of ether oxygens (including phenoxy) is 1. The number of benzene rings is 1. The second kappa shape index (κ2) is 12.9. The summed E-state index contributed by atoms with van der Waals surface area (Å²) in [6.45, 7) is -1.27. The van der Waals surface area contributed by atoms with Gasteiger partial charge in [-0.2, -0.15) is 0 Å². The standard InChI is InChI=1S/C19H27N6O6/c20-9-15(28)19(12-27,7-4-8-23-17(21)22)25-16(29)14(10-26)24-18(30)31-11-13-5-2-1-3-6-13/h1-3,5-6,14,26H,4,7-11,20H2,(H,24,30)(H,25,29)(H4,21,22,23)/t14-,19+/m1/s1. The molecule has 0 saturated carbocycles. The van der Waals surface area contributed by atoms with Crippen molar-refractivity contribution in [3.8, 4) is 0 Å². The van der Waals surface area contributed by atoms with E-state index in [9.17, 15) is 24.3 Å². The smallest absolute Gasteiger partial charge is 0.408 e. The normalized spacial score (nSPS) is 13.2. The van der Waals surface area contributed by atoms with Gasteiger partial charge in [-0.1, -0.05) is 30.3 Å². The summed E-state index contributed by atoms with van der Waals surface area (Å²) in [5.74, 6) is -2.10. The summed E-state index contributed by atoms with van der Waals surface area (Å²) < 4.78 is 4.99. The minimum Gasteiger partial charge on any atom is -0.445 e. The lowest BCUT2D eigenvalue weighted by Gasteiger charge is -2.28. The van der Waals surface area contributed by atoms with Crippen LogP contribution in [0.25, 0.3) is 0 Å². The summed E-state index contributed by atoms with van der Waals surface area (Å²) in [5.41, 5.74) is 9.16. The Morgan fingerprint density at radius 1 is 1.26 bits per heavy atom. The molecule has 9 N–H and O–H groups in total. The van der Waals surface area contributed by atoms with Crippen molar-refractivity contribution in [2.45, 2.75) is 31.0 Å². The lowest BCUT2D eigenvalue weighted by atomic mass is 9.89. The molecule has 0 bridgehead atoms. The third-order valence-electron chi connectivity index (χ3n) is 4.22. The number of nitrogens with two attached hydrogens (primary N) is 2. The maximum Gasteiger partial charge on any atom is 0.408 e. The van der Waals surface area contributed by atoms with Gasteiger partial charge in [0.25, 0.3) is 0 Å². The van der Waals surface area contributed by atoms with Gasteiger partial charge >= 0.3 is 6.09 Å². The summed E-state index contributed by atoms with van der Waals surface area (Å²) in [6.07, 6.45) is 0.516. The summed E-state index contributed by atoms with van der Waals surface area (Å²) in [6, 6.07) is 7.29. The van der Waals surface area contributed by atoms with Crippen molar-refractivity contribution in [1.29, 1.82) is 5.41 Å². The maximum absolute atomic E-state index is 12.5. The SMILES string of the molecule is N=C(N)NCCC[C@@]([C]=O)(NC(=O)[C@@H](CO)NC(=O)OCc1ccccc1)C(=O)CN. The minimum atomic E-state index is -2.08. The van der Waals surface area contributed by atoms with E-state index in [1.165, 1.54) is 6.29 Å². The molecule has 0 aliphatic carbocycles. The highest BCUT2D eigenvalue weighted by molar-refractivity contribution is 6.07. The van der Waals surface area contributed by atoms with Crippen LogP contribution in [0.15, 0.2) is 30.3 Å². The van der Waals surface area contributed by atoms with Crippen molar-refractivity contribution < 1.29 is 29.0 Å². The highest BCUT2D eigenvalue weighted by atomic mass is 16.5. The van der Waals surface area contributed by atoms with Crippen LogP contribution in [0.1, 0.15) is 18.4 Å². The third kappa shape index (κ3) is 8.40. The predicted molar refractivity (Wildman–Crippen MR) is 110 cm³/mol. The first-order valence-corrected chi connectivity index (χ1v) is 9.38. The van der Waals surface area contributed by atoms with Crippen LogP contribution in [-0.2, 0) is 25.7 Å². The van der Waals surface area contributed by atoms with Crippen LogP contribution in [-0.4, -0.2) is 66.4 Å². The highest BCUT2D eigenvalue weighted by Crippen LogP contribution is 2.12. The lowest BCUT2D eigenvalue weighted by Crippen LogP contribution is -2.62. The number of rotatable bonds is 13. The molecule has 31 heavy (non-hydrogen) atoms. The Hall–Kier alpha value is -3.51. The molecule has 0 aromatic heterocycles. The van der Waals surface area contributed by atoms with E-state index in [-0.39, 0.29) is 32.0 Å². The van der Waals surface area contributed by atoms with Gasteiger partial charge in [-0.05, 0) is 18.4 Å². The Balaban J connectivity index is 2.75. The molecule has 12 nitrogen and oxygen atoms in total. The maximum atomic E-state index is 12.5. The van der Waals surface area contributed by atoms with Crippen LogP contribution in [0.5, 0.6) is 0 Å². The van der Waals surface area contributed by atoms with Crippen molar-refractivity contribution in [3.05, 3.63) is 35.9 Å². The summed E-state index contributed by atoms with van der Waals surface area (Å²) in [4.78, 5) is 48.4. The van der Waals surface area contributed by atoms with Crippen molar-refractivity contribution in [2.75, 3.05) is 19.7 Å². The van der Waals surface area contributed by atoms with Crippen molar-refractivity contribution in [3.63, 3.8) is 0 Å². The Bertz CT molecular complexity index is 774. The number of aliphatic hydroxyl groups is 1. The van der Waals surface area contributed by atoms with Crippen molar-refractivity contribution in [2.24, 2.45) is 11.5 Å². The van der Waals surface area contributed by atoms with Gasteiger partial charge < -0.3 is 37.3 Å². The van der Waals surface area contributed by atoms with E-state index in [2.05, 4.69) is 16.0 Å². The van der Waals surface area contributed by atoms with Gasteiger partial charge in [-0.25, -0.2) is 4.79 Å². The second-order valence-corrected chi connectivity index (χ2v) is 6.51. The molecule has 0 heterocycles. The van der Waals surface area contributed by atoms with Crippen LogP contribution in [0.2, 0.25) is 0 Å². The molecule has 0 spiro atoms. The zero-order valence-corrected chi connectivity index (χ0v) is 16.8. The molecule has 0 unspecified atom stereocenters. The van der Waals surface area contributed by atoms with Crippen LogP contribution in [0.4, 0.5) is 4.79 Å². The van der Waals surface area contributed by atoms with Gasteiger partial charge in [-0.15, -0.1) is 0 Å². The van der Waals surface area contributed by atoms with Crippen LogP contribution in [0.3, 0.4) is 0 Å². The van der Waals surface area contributed by atoms with E-state index in [4.69, 9.17) is 21.6 Å². The van der Waals surface area contributed by atoms with E-state index in [0.717, 1.165) is 0 Å². The summed E-state index contributed by atoms with van der Waals surface area (Å²) >= 11 is 0. The van der Waals surface area contributed by atoms with Crippen LogP contribution >= 0.6 is 0 Å². The molecule has 1 aromatic rings. The zero-order chi connectivity index (χ0) is 23.3. The Morgan fingerprint density at radius 3 is 2.48 bits per heavy atom. The Kier molecular flexibility index (Phi) is 10.6. The first-order valence-electron chi connectivity index (χ1n) is 9.38. The number of hydrogen-bond acceptors (Lipinski definition) is 8. The summed E-state index contributed by atoms with van der Waals surface area (Å²) in [5, 5.41) is 23.5. The number of ketones is 1. The molecular formula is C19H27N6O6. The number of guanidine groups is 1. The average molecular weight is 435 g/mol. The van der Waals surface area contributed by atoms with E-state index in [0.29, 0.717) is 5.56 Å². The fraction of sp³-hybridized carbons (Fsp3) is 0.421. The van der Waals surface area contributed by atoms with Gasteiger partial charge in [0.05, 0.1) is 13.2 Å². The molecule has 1 rings (SSSR count).